The number of alkyl halides is 1. The van der Waals surface area contributed by atoms with Gasteiger partial charge in [0.1, 0.15) is 0 Å². The second kappa shape index (κ2) is 7.69. The normalized spacial score (nSPS) is 31.9. The zero-order chi connectivity index (χ0) is 10.2. The summed E-state index contributed by atoms with van der Waals surface area (Å²) in [5.74, 6) is 0. The van der Waals surface area contributed by atoms with Crippen molar-refractivity contribution >= 4 is 22.6 Å². The summed E-state index contributed by atoms with van der Waals surface area (Å²) in [6.07, 6.45) is 14.8. The van der Waals surface area contributed by atoms with E-state index in [-0.39, 0.29) is 6.10 Å². The first kappa shape index (κ1) is 12.5. The van der Waals surface area contributed by atoms with Crippen LogP contribution in [-0.4, -0.2) is 15.1 Å². The lowest BCUT2D eigenvalue weighted by molar-refractivity contribution is 0.142. The van der Waals surface area contributed by atoms with E-state index in [1.54, 1.807) is 0 Å². The maximum Gasteiger partial charge on any atom is 0.0657 e. The van der Waals surface area contributed by atoms with Gasteiger partial charge in [0.2, 0.25) is 0 Å². The van der Waals surface area contributed by atoms with Crippen LogP contribution in [0.25, 0.3) is 0 Å². The zero-order valence-electron chi connectivity index (χ0n) is 8.79. The summed E-state index contributed by atoms with van der Waals surface area (Å²) in [7, 11) is 0. The molecule has 82 valence electrons. The summed E-state index contributed by atoms with van der Waals surface area (Å²) in [6.45, 7) is 0. The maximum absolute atomic E-state index is 9.17. The van der Waals surface area contributed by atoms with Gasteiger partial charge >= 0.3 is 0 Å². The fraction of sp³-hybridized carbons (Fsp3) is 0.833. The van der Waals surface area contributed by atoms with Crippen LogP contribution in [0.4, 0.5) is 0 Å². The van der Waals surface area contributed by atoms with E-state index in [0.717, 1.165) is 6.42 Å². The van der Waals surface area contributed by atoms with Gasteiger partial charge in [-0.05, 0) is 38.5 Å². The summed E-state index contributed by atoms with van der Waals surface area (Å²) in [5.41, 5.74) is 0. The van der Waals surface area contributed by atoms with E-state index < -0.39 is 0 Å². The van der Waals surface area contributed by atoms with Gasteiger partial charge in [-0.25, -0.2) is 0 Å². The SMILES string of the molecule is C1=CCCCC1.O[C@@H]1CCCC[C@H]1I. The number of hydrogen-bond acceptors (Lipinski definition) is 1. The van der Waals surface area contributed by atoms with Crippen LogP contribution >= 0.6 is 22.6 Å². The summed E-state index contributed by atoms with van der Waals surface area (Å²) in [5, 5.41) is 9.17. The Labute approximate surface area is 101 Å². The van der Waals surface area contributed by atoms with Crippen molar-refractivity contribution in [3.63, 3.8) is 0 Å². The number of halogens is 1. The quantitative estimate of drug-likeness (QED) is 0.409. The Morgan fingerprint density at radius 2 is 1.50 bits per heavy atom. The Balaban J connectivity index is 0.000000146. The van der Waals surface area contributed by atoms with Crippen LogP contribution in [0.2, 0.25) is 0 Å². The van der Waals surface area contributed by atoms with Gasteiger partial charge < -0.3 is 5.11 Å². The number of allylic oxidation sites excluding steroid dienone is 2. The van der Waals surface area contributed by atoms with E-state index in [9.17, 15) is 5.11 Å². The Bertz CT molecular complexity index is 150. The second-order valence-corrected chi connectivity index (χ2v) is 5.72. The van der Waals surface area contributed by atoms with E-state index in [4.69, 9.17) is 0 Å². The molecule has 1 saturated carbocycles. The van der Waals surface area contributed by atoms with Gasteiger partial charge in [0, 0.05) is 3.92 Å². The van der Waals surface area contributed by atoms with Gasteiger partial charge in [0.25, 0.3) is 0 Å². The summed E-state index contributed by atoms with van der Waals surface area (Å²) in [4.78, 5) is 0. The fourth-order valence-electron chi connectivity index (χ4n) is 1.83. The van der Waals surface area contributed by atoms with Crippen molar-refractivity contribution in [2.75, 3.05) is 0 Å². The van der Waals surface area contributed by atoms with Crippen molar-refractivity contribution in [1.29, 1.82) is 0 Å². The highest BCUT2D eigenvalue weighted by Gasteiger charge is 2.18. The Kier molecular flexibility index (Phi) is 6.86. The third-order valence-electron chi connectivity index (χ3n) is 2.81. The molecule has 1 fully saturated rings. The van der Waals surface area contributed by atoms with Crippen molar-refractivity contribution in [2.24, 2.45) is 0 Å². The minimum Gasteiger partial charge on any atom is -0.392 e. The topological polar surface area (TPSA) is 20.2 Å². The molecule has 2 aliphatic rings. The predicted molar refractivity (Wildman–Crippen MR) is 69.9 cm³/mol. The largest absolute Gasteiger partial charge is 0.392 e. The molecule has 2 aliphatic carbocycles. The highest BCUT2D eigenvalue weighted by atomic mass is 127. The van der Waals surface area contributed by atoms with Crippen LogP contribution in [0, 0.1) is 0 Å². The molecule has 2 rings (SSSR count). The molecule has 0 aromatic heterocycles. The average molecular weight is 308 g/mol. The predicted octanol–water partition coefficient (Wildman–Crippen LogP) is 3.84. The monoisotopic (exact) mass is 308 g/mol. The molecule has 0 amide bonds. The molecule has 0 heterocycles. The molecule has 14 heavy (non-hydrogen) atoms. The Hall–Kier alpha value is 0.430. The van der Waals surface area contributed by atoms with Gasteiger partial charge in [-0.2, -0.15) is 0 Å². The summed E-state index contributed by atoms with van der Waals surface area (Å²) in [6, 6.07) is 0. The zero-order valence-corrected chi connectivity index (χ0v) is 10.9. The molecule has 0 saturated heterocycles. The van der Waals surface area contributed by atoms with E-state index >= 15 is 0 Å². The smallest absolute Gasteiger partial charge is 0.0657 e. The molecular formula is C12H21IO. The molecule has 1 N–H and O–H groups in total. The third kappa shape index (κ3) is 5.35. The van der Waals surface area contributed by atoms with E-state index in [0.29, 0.717) is 3.92 Å². The van der Waals surface area contributed by atoms with Crippen LogP contribution in [0.3, 0.4) is 0 Å². The molecule has 1 nitrogen and oxygen atoms in total. The molecule has 0 aromatic carbocycles. The van der Waals surface area contributed by atoms with Crippen LogP contribution in [0.1, 0.15) is 51.4 Å². The molecule has 0 radical (unpaired) electrons. The van der Waals surface area contributed by atoms with Crippen LogP contribution in [0.15, 0.2) is 12.2 Å². The lowest BCUT2D eigenvalue weighted by atomic mass is 9.98. The van der Waals surface area contributed by atoms with Crippen molar-refractivity contribution in [3.05, 3.63) is 12.2 Å². The average Bonchev–Trinajstić information content (AvgIpc) is 2.26. The van der Waals surface area contributed by atoms with Gasteiger partial charge in [-0.1, -0.05) is 47.6 Å². The van der Waals surface area contributed by atoms with E-state index in [2.05, 4.69) is 34.7 Å². The summed E-state index contributed by atoms with van der Waals surface area (Å²) < 4.78 is 0.529. The minimum atomic E-state index is -0.00986. The number of rotatable bonds is 0. The van der Waals surface area contributed by atoms with Crippen molar-refractivity contribution < 1.29 is 5.11 Å². The molecule has 0 aliphatic heterocycles. The highest BCUT2D eigenvalue weighted by Crippen LogP contribution is 2.24. The van der Waals surface area contributed by atoms with Gasteiger partial charge in [-0.3, -0.25) is 0 Å². The molecule has 0 spiro atoms. The van der Waals surface area contributed by atoms with Crippen LogP contribution in [-0.2, 0) is 0 Å². The first-order valence-corrected chi connectivity index (χ1v) is 7.02. The standard InChI is InChI=1S/C6H11IO.C6H10/c7-5-3-1-2-4-6(5)8;1-2-4-6-5-3-1/h5-6,8H,1-4H2;1-2H,3-6H2/t5-,6-;/m1./s1. The van der Waals surface area contributed by atoms with Gasteiger partial charge in [-0.15, -0.1) is 0 Å². The van der Waals surface area contributed by atoms with Crippen molar-refractivity contribution in [2.45, 2.75) is 61.4 Å². The van der Waals surface area contributed by atoms with Crippen LogP contribution < -0.4 is 0 Å². The van der Waals surface area contributed by atoms with E-state index in [1.807, 2.05) is 0 Å². The lowest BCUT2D eigenvalue weighted by Gasteiger charge is -2.21. The Morgan fingerprint density at radius 1 is 0.929 bits per heavy atom. The lowest BCUT2D eigenvalue weighted by Crippen LogP contribution is -2.23. The maximum atomic E-state index is 9.17. The third-order valence-corrected chi connectivity index (χ3v) is 4.26. The van der Waals surface area contributed by atoms with Crippen LogP contribution in [0.5, 0.6) is 0 Å². The fourth-order valence-corrected chi connectivity index (χ4v) is 2.63. The first-order valence-electron chi connectivity index (χ1n) is 5.78. The Morgan fingerprint density at radius 3 is 1.79 bits per heavy atom. The molecule has 0 unspecified atom stereocenters. The number of aliphatic hydroxyl groups is 1. The first-order chi connectivity index (χ1) is 6.80. The van der Waals surface area contributed by atoms with Gasteiger partial charge in [0.15, 0.2) is 0 Å². The molecule has 2 heteroatoms. The molecular weight excluding hydrogens is 287 g/mol. The number of aliphatic hydroxyl groups excluding tert-OH is 1. The minimum absolute atomic E-state index is 0.00986. The molecule has 2 atom stereocenters. The molecule has 0 aromatic rings. The summed E-state index contributed by atoms with van der Waals surface area (Å²) >= 11 is 2.33. The second-order valence-electron chi connectivity index (χ2n) is 4.12. The molecule has 0 bridgehead atoms. The van der Waals surface area contributed by atoms with Gasteiger partial charge in [0.05, 0.1) is 6.10 Å². The number of hydrogen-bond donors (Lipinski definition) is 1. The van der Waals surface area contributed by atoms with E-state index in [1.165, 1.54) is 44.9 Å². The highest BCUT2D eigenvalue weighted by molar-refractivity contribution is 14.1. The van der Waals surface area contributed by atoms with Crippen molar-refractivity contribution in [3.8, 4) is 0 Å². The van der Waals surface area contributed by atoms with Crippen molar-refractivity contribution in [1.82, 2.24) is 0 Å².